The van der Waals surface area contributed by atoms with Gasteiger partial charge < -0.3 is 10.1 Å². The van der Waals surface area contributed by atoms with E-state index in [0.717, 1.165) is 21.5 Å². The van der Waals surface area contributed by atoms with Gasteiger partial charge in [-0.05, 0) is 51.8 Å². The summed E-state index contributed by atoms with van der Waals surface area (Å²) in [5.74, 6) is 0.414. The SMILES string of the molecule is COc1ccc(Br)c(NCc2cc(F)cc(Cl)c2)c1. The second kappa shape index (κ2) is 6.26. The molecule has 0 heterocycles. The lowest BCUT2D eigenvalue weighted by atomic mass is 10.2. The van der Waals surface area contributed by atoms with E-state index < -0.39 is 0 Å². The Morgan fingerprint density at radius 2 is 2.05 bits per heavy atom. The highest BCUT2D eigenvalue weighted by molar-refractivity contribution is 9.10. The molecule has 0 bridgehead atoms. The summed E-state index contributed by atoms with van der Waals surface area (Å²) in [6, 6.07) is 10.1. The average molecular weight is 345 g/mol. The van der Waals surface area contributed by atoms with Crippen LogP contribution in [0.15, 0.2) is 40.9 Å². The number of methoxy groups -OCH3 is 1. The third-order valence-electron chi connectivity index (χ3n) is 2.58. The number of hydrogen-bond acceptors (Lipinski definition) is 2. The minimum atomic E-state index is -0.339. The molecule has 5 heteroatoms. The van der Waals surface area contributed by atoms with Crippen molar-refractivity contribution in [3.63, 3.8) is 0 Å². The van der Waals surface area contributed by atoms with E-state index in [0.29, 0.717) is 11.6 Å². The van der Waals surface area contributed by atoms with E-state index in [2.05, 4.69) is 21.2 Å². The van der Waals surface area contributed by atoms with E-state index in [1.807, 2.05) is 18.2 Å². The van der Waals surface area contributed by atoms with Crippen molar-refractivity contribution < 1.29 is 9.13 Å². The van der Waals surface area contributed by atoms with Crippen LogP contribution in [-0.2, 0) is 6.54 Å². The number of hydrogen-bond donors (Lipinski definition) is 1. The molecule has 0 radical (unpaired) electrons. The van der Waals surface area contributed by atoms with Crippen molar-refractivity contribution in [1.82, 2.24) is 0 Å². The first kappa shape index (κ1) is 14.2. The van der Waals surface area contributed by atoms with Gasteiger partial charge in [-0.25, -0.2) is 4.39 Å². The molecule has 2 aromatic carbocycles. The molecule has 19 heavy (non-hydrogen) atoms. The summed E-state index contributed by atoms with van der Waals surface area (Å²) in [6.45, 7) is 0.475. The van der Waals surface area contributed by atoms with E-state index in [9.17, 15) is 4.39 Å². The molecule has 100 valence electrons. The normalized spacial score (nSPS) is 10.3. The summed E-state index contributed by atoms with van der Waals surface area (Å²) in [5.41, 5.74) is 1.65. The van der Waals surface area contributed by atoms with Crippen LogP contribution in [0, 0.1) is 5.82 Å². The second-order valence-corrected chi connectivity index (χ2v) is 5.27. The zero-order chi connectivity index (χ0) is 13.8. The summed E-state index contributed by atoms with van der Waals surface area (Å²) in [7, 11) is 1.61. The van der Waals surface area contributed by atoms with Crippen molar-refractivity contribution in [3.8, 4) is 5.75 Å². The van der Waals surface area contributed by atoms with Gasteiger partial charge in [0.15, 0.2) is 0 Å². The van der Waals surface area contributed by atoms with E-state index in [1.54, 1.807) is 13.2 Å². The molecule has 1 N–H and O–H groups in total. The lowest BCUT2D eigenvalue weighted by Crippen LogP contribution is -2.01. The van der Waals surface area contributed by atoms with Crippen molar-refractivity contribution in [3.05, 3.63) is 57.3 Å². The number of rotatable bonds is 4. The Bertz CT molecular complexity index is 571. The first-order valence-electron chi connectivity index (χ1n) is 5.61. The molecule has 0 saturated heterocycles. The number of nitrogens with one attached hydrogen (secondary N) is 1. The van der Waals surface area contributed by atoms with Gasteiger partial charge in [-0.2, -0.15) is 0 Å². The fraction of sp³-hybridized carbons (Fsp3) is 0.143. The van der Waals surface area contributed by atoms with Gasteiger partial charge in [0.1, 0.15) is 11.6 Å². The van der Waals surface area contributed by atoms with Crippen LogP contribution >= 0.6 is 27.5 Å². The predicted molar refractivity (Wildman–Crippen MR) is 79.4 cm³/mol. The quantitative estimate of drug-likeness (QED) is 0.855. The minimum absolute atomic E-state index is 0.339. The Morgan fingerprint density at radius 1 is 1.26 bits per heavy atom. The maximum atomic E-state index is 13.2. The molecule has 0 aliphatic carbocycles. The Labute approximate surface area is 124 Å². The Hall–Kier alpha value is -1.26. The molecule has 0 unspecified atom stereocenters. The van der Waals surface area contributed by atoms with Crippen LogP contribution in [0.3, 0.4) is 0 Å². The van der Waals surface area contributed by atoms with E-state index in [4.69, 9.17) is 16.3 Å². The predicted octanol–water partition coefficient (Wildman–Crippen LogP) is 4.86. The van der Waals surface area contributed by atoms with Gasteiger partial charge in [0, 0.05) is 22.1 Å². The zero-order valence-electron chi connectivity index (χ0n) is 10.2. The maximum Gasteiger partial charge on any atom is 0.125 e. The highest BCUT2D eigenvalue weighted by atomic mass is 79.9. The first-order chi connectivity index (χ1) is 9.08. The molecule has 0 atom stereocenters. The Kier molecular flexibility index (Phi) is 4.66. The van der Waals surface area contributed by atoms with Crippen LogP contribution in [0.4, 0.5) is 10.1 Å². The molecular weight excluding hydrogens is 333 g/mol. The Morgan fingerprint density at radius 3 is 2.74 bits per heavy atom. The molecule has 0 saturated carbocycles. The number of halogens is 3. The summed E-state index contributed by atoms with van der Waals surface area (Å²) in [4.78, 5) is 0. The summed E-state index contributed by atoms with van der Waals surface area (Å²) < 4.78 is 19.3. The van der Waals surface area contributed by atoms with Crippen molar-refractivity contribution in [2.24, 2.45) is 0 Å². The molecule has 0 aliphatic rings. The molecule has 2 rings (SSSR count). The lowest BCUT2D eigenvalue weighted by molar-refractivity contribution is 0.415. The highest BCUT2D eigenvalue weighted by Gasteiger charge is 2.03. The minimum Gasteiger partial charge on any atom is -0.497 e. The summed E-state index contributed by atoms with van der Waals surface area (Å²) in [6.07, 6.45) is 0. The van der Waals surface area contributed by atoms with Crippen LogP contribution in [0.1, 0.15) is 5.56 Å². The van der Waals surface area contributed by atoms with Crippen LogP contribution in [0.5, 0.6) is 5.75 Å². The van der Waals surface area contributed by atoms with E-state index >= 15 is 0 Å². The molecule has 0 amide bonds. The summed E-state index contributed by atoms with van der Waals surface area (Å²) in [5, 5.41) is 3.60. The van der Waals surface area contributed by atoms with Gasteiger partial charge in [0.25, 0.3) is 0 Å². The van der Waals surface area contributed by atoms with Crippen molar-refractivity contribution in [1.29, 1.82) is 0 Å². The van der Waals surface area contributed by atoms with Crippen LogP contribution in [0.2, 0.25) is 5.02 Å². The fourth-order valence-electron chi connectivity index (χ4n) is 1.68. The number of ether oxygens (including phenoxy) is 1. The molecule has 0 fully saturated rings. The van der Waals surface area contributed by atoms with Crippen molar-refractivity contribution in [2.45, 2.75) is 6.54 Å². The average Bonchev–Trinajstić information content (AvgIpc) is 2.37. The van der Waals surface area contributed by atoms with Crippen LogP contribution < -0.4 is 10.1 Å². The largest absolute Gasteiger partial charge is 0.497 e. The number of benzene rings is 2. The topological polar surface area (TPSA) is 21.3 Å². The monoisotopic (exact) mass is 343 g/mol. The van der Waals surface area contributed by atoms with Gasteiger partial charge in [-0.3, -0.25) is 0 Å². The van der Waals surface area contributed by atoms with Crippen molar-refractivity contribution >= 4 is 33.2 Å². The zero-order valence-corrected chi connectivity index (χ0v) is 12.6. The van der Waals surface area contributed by atoms with Crippen LogP contribution in [0.25, 0.3) is 0 Å². The standard InChI is InChI=1S/C14H12BrClFNO/c1-19-12-2-3-13(15)14(7-12)18-8-9-4-10(16)6-11(17)5-9/h2-7,18H,8H2,1H3. The van der Waals surface area contributed by atoms with Gasteiger partial charge in [-0.15, -0.1) is 0 Å². The third-order valence-corrected chi connectivity index (χ3v) is 3.49. The van der Waals surface area contributed by atoms with Gasteiger partial charge >= 0.3 is 0 Å². The first-order valence-corrected chi connectivity index (χ1v) is 6.78. The second-order valence-electron chi connectivity index (χ2n) is 3.98. The Balaban J connectivity index is 2.13. The molecular formula is C14H12BrClFNO. The molecule has 2 aromatic rings. The molecule has 0 aliphatic heterocycles. The number of anilines is 1. The maximum absolute atomic E-state index is 13.2. The fourth-order valence-corrected chi connectivity index (χ4v) is 2.31. The van der Waals surface area contributed by atoms with Gasteiger partial charge in [0.05, 0.1) is 12.8 Å². The highest BCUT2D eigenvalue weighted by Crippen LogP contribution is 2.27. The van der Waals surface area contributed by atoms with Gasteiger partial charge in [-0.1, -0.05) is 11.6 Å². The van der Waals surface area contributed by atoms with Crippen LogP contribution in [-0.4, -0.2) is 7.11 Å². The summed E-state index contributed by atoms with van der Waals surface area (Å²) >= 11 is 9.26. The molecule has 0 aromatic heterocycles. The lowest BCUT2D eigenvalue weighted by Gasteiger charge is -2.10. The molecule has 0 spiro atoms. The van der Waals surface area contributed by atoms with Crippen molar-refractivity contribution in [2.75, 3.05) is 12.4 Å². The molecule has 2 nitrogen and oxygen atoms in total. The smallest absolute Gasteiger partial charge is 0.125 e. The van der Waals surface area contributed by atoms with E-state index in [-0.39, 0.29) is 5.82 Å². The van der Waals surface area contributed by atoms with E-state index in [1.165, 1.54) is 12.1 Å². The third kappa shape index (κ3) is 3.85. The van der Waals surface area contributed by atoms with Gasteiger partial charge in [0.2, 0.25) is 0 Å².